The summed E-state index contributed by atoms with van der Waals surface area (Å²) >= 11 is 5.90. The van der Waals surface area contributed by atoms with Gasteiger partial charge in [-0.2, -0.15) is 0 Å². The zero-order valence-electron chi connectivity index (χ0n) is 14.7. The van der Waals surface area contributed by atoms with E-state index in [1.807, 2.05) is 32.0 Å². The number of carbonyl (C=O) groups is 1. The number of anilines is 1. The molecule has 1 saturated heterocycles. The van der Waals surface area contributed by atoms with Gasteiger partial charge in [-0.15, -0.1) is 0 Å². The molecule has 1 aliphatic rings. The van der Waals surface area contributed by atoms with Crippen molar-refractivity contribution in [2.75, 3.05) is 11.4 Å². The van der Waals surface area contributed by atoms with Crippen molar-refractivity contribution in [1.82, 2.24) is 4.72 Å². The molecule has 26 heavy (non-hydrogen) atoms. The van der Waals surface area contributed by atoms with E-state index in [1.165, 1.54) is 0 Å². The number of halogens is 1. The van der Waals surface area contributed by atoms with E-state index in [-0.39, 0.29) is 11.7 Å². The molecule has 3 rings (SSSR count). The first-order valence-corrected chi connectivity index (χ1v) is 10.4. The average molecular weight is 393 g/mol. The second-order valence-electron chi connectivity index (χ2n) is 6.68. The van der Waals surface area contributed by atoms with Gasteiger partial charge < -0.3 is 4.90 Å². The van der Waals surface area contributed by atoms with Crippen LogP contribution in [0, 0.1) is 13.8 Å². The molecule has 1 heterocycles. The first-order valence-electron chi connectivity index (χ1n) is 8.38. The van der Waals surface area contributed by atoms with E-state index < -0.39 is 16.1 Å². The van der Waals surface area contributed by atoms with Crippen molar-refractivity contribution < 1.29 is 13.2 Å². The van der Waals surface area contributed by atoms with Crippen LogP contribution in [0.1, 0.15) is 23.1 Å². The summed E-state index contributed by atoms with van der Waals surface area (Å²) < 4.78 is 27.4. The van der Waals surface area contributed by atoms with Crippen molar-refractivity contribution in [3.05, 3.63) is 64.2 Å². The fourth-order valence-corrected chi connectivity index (χ4v) is 4.82. The van der Waals surface area contributed by atoms with E-state index >= 15 is 0 Å². The third-order valence-corrected chi connectivity index (χ3v) is 5.88. The van der Waals surface area contributed by atoms with Gasteiger partial charge in [0.25, 0.3) is 0 Å². The SMILES string of the molecule is Cc1cc(C)cc(N2CC[C@H](NS(=O)(=O)Cc3cccc(Cl)c3)C2=O)c1. The van der Waals surface area contributed by atoms with Gasteiger partial charge >= 0.3 is 0 Å². The average Bonchev–Trinajstić information content (AvgIpc) is 2.86. The zero-order chi connectivity index (χ0) is 18.9. The Morgan fingerprint density at radius 3 is 2.50 bits per heavy atom. The summed E-state index contributed by atoms with van der Waals surface area (Å²) in [6.07, 6.45) is 0.445. The summed E-state index contributed by atoms with van der Waals surface area (Å²) in [5.74, 6) is -0.425. The Bertz CT molecular complexity index is 923. The molecular formula is C19H21ClN2O3S. The molecule has 1 amide bonds. The highest BCUT2D eigenvalue weighted by Crippen LogP contribution is 2.25. The summed E-state index contributed by atoms with van der Waals surface area (Å²) in [5, 5.41) is 0.482. The van der Waals surface area contributed by atoms with E-state index in [0.717, 1.165) is 16.8 Å². The Labute approximate surface area is 159 Å². The number of amides is 1. The Morgan fingerprint density at radius 2 is 1.85 bits per heavy atom. The molecule has 7 heteroatoms. The topological polar surface area (TPSA) is 66.5 Å². The van der Waals surface area contributed by atoms with Gasteiger partial charge in [0.2, 0.25) is 15.9 Å². The van der Waals surface area contributed by atoms with E-state index in [2.05, 4.69) is 4.72 Å². The summed E-state index contributed by atoms with van der Waals surface area (Å²) in [5.41, 5.74) is 3.53. The molecule has 0 aliphatic carbocycles. The molecule has 138 valence electrons. The first-order chi connectivity index (χ1) is 12.2. The molecular weight excluding hydrogens is 372 g/mol. The van der Waals surface area contributed by atoms with Crippen LogP contribution in [-0.2, 0) is 20.6 Å². The third-order valence-electron chi connectivity index (χ3n) is 4.29. The van der Waals surface area contributed by atoms with Crippen LogP contribution in [0.3, 0.4) is 0 Å². The largest absolute Gasteiger partial charge is 0.311 e. The zero-order valence-corrected chi connectivity index (χ0v) is 16.3. The van der Waals surface area contributed by atoms with Gasteiger partial charge in [0.05, 0.1) is 5.75 Å². The summed E-state index contributed by atoms with van der Waals surface area (Å²) in [7, 11) is -3.65. The molecule has 2 aromatic rings. The highest BCUT2D eigenvalue weighted by atomic mass is 35.5. The van der Waals surface area contributed by atoms with E-state index in [0.29, 0.717) is 23.6 Å². The van der Waals surface area contributed by atoms with Crippen molar-refractivity contribution in [1.29, 1.82) is 0 Å². The molecule has 1 aliphatic heterocycles. The monoisotopic (exact) mass is 392 g/mol. The van der Waals surface area contributed by atoms with Crippen molar-refractivity contribution in [3.8, 4) is 0 Å². The van der Waals surface area contributed by atoms with Crippen LogP contribution in [0.4, 0.5) is 5.69 Å². The fraction of sp³-hybridized carbons (Fsp3) is 0.316. The van der Waals surface area contributed by atoms with E-state index in [4.69, 9.17) is 11.6 Å². The van der Waals surface area contributed by atoms with Crippen LogP contribution in [0.15, 0.2) is 42.5 Å². The maximum atomic E-state index is 12.7. The molecule has 0 radical (unpaired) electrons. The number of hydrogen-bond acceptors (Lipinski definition) is 3. The first kappa shape index (κ1) is 18.9. The number of rotatable bonds is 5. The third kappa shape index (κ3) is 4.44. The van der Waals surface area contributed by atoms with Crippen molar-refractivity contribution in [3.63, 3.8) is 0 Å². The lowest BCUT2D eigenvalue weighted by Gasteiger charge is -2.18. The molecule has 5 nitrogen and oxygen atoms in total. The summed E-state index contributed by atoms with van der Waals surface area (Å²) in [4.78, 5) is 14.3. The van der Waals surface area contributed by atoms with Crippen LogP contribution >= 0.6 is 11.6 Å². The number of aryl methyl sites for hydroxylation is 2. The predicted molar refractivity (Wildman–Crippen MR) is 104 cm³/mol. The second kappa shape index (κ2) is 7.39. The molecule has 0 aromatic heterocycles. The molecule has 1 N–H and O–H groups in total. The van der Waals surface area contributed by atoms with Crippen LogP contribution in [-0.4, -0.2) is 26.9 Å². The van der Waals surface area contributed by atoms with Crippen LogP contribution < -0.4 is 9.62 Å². The number of nitrogens with zero attached hydrogens (tertiary/aromatic N) is 1. The minimum Gasteiger partial charge on any atom is -0.311 e. The molecule has 0 unspecified atom stereocenters. The number of benzene rings is 2. The van der Waals surface area contributed by atoms with Crippen molar-refractivity contribution in [2.45, 2.75) is 32.1 Å². The highest BCUT2D eigenvalue weighted by molar-refractivity contribution is 7.88. The number of carbonyl (C=O) groups excluding carboxylic acids is 1. The molecule has 0 saturated carbocycles. The van der Waals surface area contributed by atoms with E-state index in [9.17, 15) is 13.2 Å². The minimum absolute atomic E-state index is 0.207. The Kier molecular flexibility index (Phi) is 5.37. The van der Waals surface area contributed by atoms with Gasteiger partial charge in [-0.3, -0.25) is 4.79 Å². The quantitative estimate of drug-likeness (QED) is 0.849. The lowest BCUT2D eigenvalue weighted by Crippen LogP contribution is -2.42. The molecule has 2 aromatic carbocycles. The Morgan fingerprint density at radius 1 is 1.15 bits per heavy atom. The van der Waals surface area contributed by atoms with Gasteiger partial charge in [0, 0.05) is 17.3 Å². The van der Waals surface area contributed by atoms with Gasteiger partial charge in [-0.25, -0.2) is 13.1 Å². The molecule has 0 spiro atoms. The number of hydrogen-bond donors (Lipinski definition) is 1. The summed E-state index contributed by atoms with van der Waals surface area (Å²) in [6.45, 7) is 4.44. The van der Waals surface area contributed by atoms with Crippen LogP contribution in [0.25, 0.3) is 0 Å². The lowest BCUT2D eigenvalue weighted by atomic mass is 10.1. The maximum absolute atomic E-state index is 12.7. The van der Waals surface area contributed by atoms with Crippen molar-refractivity contribution >= 4 is 33.2 Å². The van der Waals surface area contributed by atoms with Gasteiger partial charge in [0.15, 0.2) is 0 Å². The smallest absolute Gasteiger partial charge is 0.245 e. The van der Waals surface area contributed by atoms with Crippen molar-refractivity contribution in [2.24, 2.45) is 0 Å². The normalized spacial score (nSPS) is 17.7. The fourth-order valence-electron chi connectivity index (χ4n) is 3.26. The Balaban J connectivity index is 1.72. The highest BCUT2D eigenvalue weighted by Gasteiger charge is 2.35. The van der Waals surface area contributed by atoms with Crippen LogP contribution in [0.2, 0.25) is 5.02 Å². The summed E-state index contributed by atoms with van der Waals surface area (Å²) in [6, 6.07) is 11.9. The molecule has 1 atom stereocenters. The molecule has 1 fully saturated rings. The Hall–Kier alpha value is -1.89. The maximum Gasteiger partial charge on any atom is 0.245 e. The number of sulfonamides is 1. The predicted octanol–water partition coefficient (Wildman–Crippen LogP) is 3.18. The van der Waals surface area contributed by atoms with Gasteiger partial charge in [0.1, 0.15) is 6.04 Å². The second-order valence-corrected chi connectivity index (χ2v) is 8.87. The standard InChI is InChI=1S/C19H21ClN2O3S/c1-13-8-14(2)10-17(9-13)22-7-6-18(19(22)23)21-26(24,25)12-15-4-3-5-16(20)11-15/h3-5,8-11,18,21H,6-7,12H2,1-2H3/t18-/m0/s1. The van der Waals surface area contributed by atoms with E-state index in [1.54, 1.807) is 29.2 Å². The number of nitrogens with one attached hydrogen (secondary N) is 1. The molecule has 0 bridgehead atoms. The van der Waals surface area contributed by atoms with Gasteiger partial charge in [-0.05, 0) is 61.2 Å². The van der Waals surface area contributed by atoms with Gasteiger partial charge in [-0.1, -0.05) is 29.8 Å². The van der Waals surface area contributed by atoms with Crippen LogP contribution in [0.5, 0.6) is 0 Å². The lowest BCUT2D eigenvalue weighted by molar-refractivity contribution is -0.118. The minimum atomic E-state index is -3.65.